The number of nitrogens with one attached hydrogen (secondary N) is 1. The van der Waals surface area contributed by atoms with Gasteiger partial charge >= 0.3 is 0 Å². The van der Waals surface area contributed by atoms with Crippen LogP contribution in [-0.4, -0.2) is 26.1 Å². The maximum Gasteiger partial charge on any atom is 0.235 e. The summed E-state index contributed by atoms with van der Waals surface area (Å²) in [4.78, 5) is 13.5. The van der Waals surface area contributed by atoms with Crippen LogP contribution in [0.3, 0.4) is 0 Å². The molecule has 150 valence electrons. The summed E-state index contributed by atoms with van der Waals surface area (Å²) in [5.41, 5.74) is 0.824. The quantitative estimate of drug-likeness (QED) is 0.678. The Balaban J connectivity index is 1.69. The molecule has 4 rings (SSSR count). The molecule has 1 aliphatic rings. The third-order valence-electron chi connectivity index (χ3n) is 5.59. The number of benzene rings is 2. The molecule has 1 aromatic heterocycles. The average Bonchev–Trinajstić information content (AvgIpc) is 3.16. The highest BCUT2D eigenvalue weighted by Crippen LogP contribution is 2.41. The molecule has 8 heteroatoms. The van der Waals surface area contributed by atoms with E-state index in [0.717, 1.165) is 24.8 Å². The number of carbonyl (C=O) groups is 1. The molecule has 0 atom stereocenters. The van der Waals surface area contributed by atoms with E-state index in [-0.39, 0.29) is 11.6 Å². The number of halogens is 2. The number of amides is 1. The van der Waals surface area contributed by atoms with Gasteiger partial charge in [0.1, 0.15) is 5.82 Å². The Morgan fingerprint density at radius 2 is 1.97 bits per heavy atom. The van der Waals surface area contributed by atoms with Gasteiger partial charge in [0.15, 0.2) is 5.82 Å². The summed E-state index contributed by atoms with van der Waals surface area (Å²) < 4.78 is 16.0. The van der Waals surface area contributed by atoms with Crippen LogP contribution in [0.25, 0.3) is 5.69 Å². The monoisotopic (exact) mass is 413 g/mol. The minimum Gasteiger partial charge on any atom is -0.323 e. The SMILES string of the molecule is Cc1nnnn1-c1ccc(F)c(NC(=O)C2(c3cccc(Cl)c3)CCCCC2)c1. The molecule has 1 N–H and O–H groups in total. The first-order valence-electron chi connectivity index (χ1n) is 9.62. The lowest BCUT2D eigenvalue weighted by Gasteiger charge is -2.36. The van der Waals surface area contributed by atoms with E-state index < -0.39 is 11.2 Å². The zero-order valence-corrected chi connectivity index (χ0v) is 16.8. The molecule has 2 aromatic carbocycles. The number of aryl methyl sites for hydroxylation is 1. The zero-order valence-electron chi connectivity index (χ0n) is 16.0. The molecule has 0 spiro atoms. The minimum atomic E-state index is -0.726. The van der Waals surface area contributed by atoms with Gasteiger partial charge in [0, 0.05) is 5.02 Å². The summed E-state index contributed by atoms with van der Waals surface area (Å²) in [5, 5.41) is 14.8. The highest BCUT2D eigenvalue weighted by molar-refractivity contribution is 6.30. The van der Waals surface area contributed by atoms with E-state index in [2.05, 4.69) is 20.8 Å². The van der Waals surface area contributed by atoms with Crippen molar-refractivity contribution in [1.82, 2.24) is 20.2 Å². The van der Waals surface area contributed by atoms with Crippen molar-refractivity contribution in [2.45, 2.75) is 44.4 Å². The summed E-state index contributed by atoms with van der Waals surface area (Å²) in [6, 6.07) is 11.8. The average molecular weight is 414 g/mol. The molecule has 6 nitrogen and oxygen atoms in total. The highest BCUT2D eigenvalue weighted by atomic mass is 35.5. The molecule has 1 heterocycles. The van der Waals surface area contributed by atoms with Crippen LogP contribution >= 0.6 is 11.6 Å². The molecule has 1 amide bonds. The van der Waals surface area contributed by atoms with Crippen LogP contribution in [0.1, 0.15) is 43.5 Å². The van der Waals surface area contributed by atoms with E-state index in [1.165, 1.54) is 10.7 Å². The summed E-state index contributed by atoms with van der Waals surface area (Å²) in [6.45, 7) is 1.75. The van der Waals surface area contributed by atoms with Gasteiger partial charge < -0.3 is 5.32 Å². The second kappa shape index (κ2) is 7.91. The Kier molecular flexibility index (Phi) is 5.32. The molecule has 0 aliphatic heterocycles. The van der Waals surface area contributed by atoms with Crippen molar-refractivity contribution in [3.05, 3.63) is 64.7 Å². The van der Waals surface area contributed by atoms with Gasteiger partial charge in [-0.05, 0) is 66.1 Å². The number of rotatable bonds is 4. The number of hydrogen-bond donors (Lipinski definition) is 1. The first-order chi connectivity index (χ1) is 14.0. The number of hydrogen-bond acceptors (Lipinski definition) is 4. The van der Waals surface area contributed by atoms with E-state index in [9.17, 15) is 9.18 Å². The number of tetrazole rings is 1. The molecule has 0 radical (unpaired) electrons. The van der Waals surface area contributed by atoms with Gasteiger partial charge in [0.2, 0.25) is 5.91 Å². The Morgan fingerprint density at radius 1 is 1.17 bits per heavy atom. The standard InChI is InChI=1S/C21H21ClFN5O/c1-14-25-26-27-28(14)17-8-9-18(23)19(13-17)24-20(29)21(10-3-2-4-11-21)15-6-5-7-16(22)12-15/h5-9,12-13H,2-4,10-11H2,1H3,(H,24,29). The normalized spacial score (nSPS) is 15.8. The van der Waals surface area contributed by atoms with Crippen LogP contribution < -0.4 is 5.32 Å². The fourth-order valence-electron chi connectivity index (χ4n) is 4.04. The maximum absolute atomic E-state index is 14.5. The van der Waals surface area contributed by atoms with E-state index in [4.69, 9.17) is 11.6 Å². The Bertz CT molecular complexity index is 1050. The van der Waals surface area contributed by atoms with E-state index >= 15 is 0 Å². The molecule has 29 heavy (non-hydrogen) atoms. The fourth-order valence-corrected chi connectivity index (χ4v) is 4.23. The van der Waals surface area contributed by atoms with E-state index in [0.29, 0.717) is 29.4 Å². The van der Waals surface area contributed by atoms with Gasteiger partial charge in [0.25, 0.3) is 0 Å². The Morgan fingerprint density at radius 3 is 2.66 bits per heavy atom. The maximum atomic E-state index is 14.5. The van der Waals surface area contributed by atoms with E-state index in [1.54, 1.807) is 25.1 Å². The predicted octanol–water partition coefficient (Wildman–Crippen LogP) is 4.60. The van der Waals surface area contributed by atoms with Crippen molar-refractivity contribution in [2.24, 2.45) is 0 Å². The van der Waals surface area contributed by atoms with Crippen LogP contribution in [0.5, 0.6) is 0 Å². The molecule has 1 fully saturated rings. The van der Waals surface area contributed by atoms with Gasteiger partial charge in [-0.15, -0.1) is 5.10 Å². The van der Waals surface area contributed by atoms with Crippen molar-refractivity contribution in [3.63, 3.8) is 0 Å². The second-order valence-electron chi connectivity index (χ2n) is 7.41. The summed E-state index contributed by atoms with van der Waals surface area (Å²) in [6.07, 6.45) is 4.36. The Labute approximate surface area is 173 Å². The molecule has 0 saturated heterocycles. The third kappa shape index (κ3) is 3.74. The lowest BCUT2D eigenvalue weighted by Crippen LogP contribution is -2.42. The van der Waals surface area contributed by atoms with E-state index in [1.807, 2.05) is 18.2 Å². The molecular formula is C21H21ClFN5O. The van der Waals surface area contributed by atoms with Gasteiger partial charge in [-0.3, -0.25) is 4.79 Å². The smallest absolute Gasteiger partial charge is 0.235 e. The molecule has 0 bridgehead atoms. The van der Waals surface area contributed by atoms with Crippen molar-refractivity contribution >= 4 is 23.2 Å². The van der Waals surface area contributed by atoms with Gasteiger partial charge in [0.05, 0.1) is 16.8 Å². The van der Waals surface area contributed by atoms with Crippen molar-refractivity contribution in [2.75, 3.05) is 5.32 Å². The molecule has 0 unspecified atom stereocenters. The van der Waals surface area contributed by atoms with Crippen molar-refractivity contribution in [3.8, 4) is 5.69 Å². The van der Waals surface area contributed by atoms with Crippen LogP contribution in [0.2, 0.25) is 5.02 Å². The molecule has 1 saturated carbocycles. The Hall–Kier alpha value is -2.80. The van der Waals surface area contributed by atoms with Gasteiger partial charge in [-0.2, -0.15) is 4.68 Å². The molecule has 3 aromatic rings. The van der Waals surface area contributed by atoms with Crippen LogP contribution in [-0.2, 0) is 10.2 Å². The fraction of sp³-hybridized carbons (Fsp3) is 0.333. The molecule has 1 aliphatic carbocycles. The minimum absolute atomic E-state index is 0.106. The number of anilines is 1. The third-order valence-corrected chi connectivity index (χ3v) is 5.82. The summed E-state index contributed by atoms with van der Waals surface area (Å²) in [7, 11) is 0. The number of aromatic nitrogens is 4. The highest BCUT2D eigenvalue weighted by Gasteiger charge is 2.41. The predicted molar refractivity (Wildman–Crippen MR) is 109 cm³/mol. The molecular weight excluding hydrogens is 393 g/mol. The first kappa shape index (κ1) is 19.5. The van der Waals surface area contributed by atoms with Gasteiger partial charge in [-0.1, -0.05) is 43.0 Å². The number of carbonyl (C=O) groups excluding carboxylic acids is 1. The lowest BCUT2D eigenvalue weighted by molar-refractivity contribution is -0.122. The number of nitrogens with zero attached hydrogens (tertiary/aromatic N) is 4. The lowest BCUT2D eigenvalue weighted by atomic mass is 9.68. The van der Waals surface area contributed by atoms with Crippen LogP contribution in [0.4, 0.5) is 10.1 Å². The van der Waals surface area contributed by atoms with Crippen molar-refractivity contribution in [1.29, 1.82) is 0 Å². The van der Waals surface area contributed by atoms with Crippen LogP contribution in [0, 0.1) is 12.7 Å². The largest absolute Gasteiger partial charge is 0.323 e. The van der Waals surface area contributed by atoms with Gasteiger partial charge in [-0.25, -0.2) is 4.39 Å². The first-order valence-corrected chi connectivity index (χ1v) is 10.00. The second-order valence-corrected chi connectivity index (χ2v) is 7.85. The summed E-state index contributed by atoms with van der Waals surface area (Å²) >= 11 is 6.20. The van der Waals surface area contributed by atoms with Crippen LogP contribution in [0.15, 0.2) is 42.5 Å². The van der Waals surface area contributed by atoms with Crippen molar-refractivity contribution < 1.29 is 9.18 Å². The summed E-state index contributed by atoms with van der Waals surface area (Å²) in [5.74, 6) is -0.162. The topological polar surface area (TPSA) is 72.7 Å². The zero-order chi connectivity index (χ0) is 20.4.